The van der Waals surface area contributed by atoms with Gasteiger partial charge in [0.15, 0.2) is 0 Å². The molecule has 3 nitrogen and oxygen atoms in total. The molecule has 2 heterocycles. The minimum Gasteiger partial charge on any atom is -0.383 e. The second-order valence-corrected chi connectivity index (χ2v) is 8.59. The molecule has 3 aromatic rings. The summed E-state index contributed by atoms with van der Waals surface area (Å²) in [4.78, 5) is 0. The fraction of sp³-hybridized carbons (Fsp3) is 0.133. The highest BCUT2D eigenvalue weighted by Crippen LogP contribution is 2.43. The quantitative estimate of drug-likeness (QED) is 0.609. The molecule has 3 rings (SSSR count). The van der Waals surface area contributed by atoms with Gasteiger partial charge in [0.25, 0.3) is 0 Å². The number of thiophene rings is 1. The molecule has 0 aliphatic heterocycles. The predicted octanol–water partition coefficient (Wildman–Crippen LogP) is 5.23. The van der Waals surface area contributed by atoms with E-state index >= 15 is 0 Å². The lowest BCUT2D eigenvalue weighted by molar-refractivity contribution is 0.782. The van der Waals surface area contributed by atoms with Crippen LogP contribution >= 0.6 is 43.2 Å². The summed E-state index contributed by atoms with van der Waals surface area (Å²) >= 11 is 8.75. The van der Waals surface area contributed by atoms with Gasteiger partial charge in [-0.05, 0) is 50.4 Å². The van der Waals surface area contributed by atoms with Crippen molar-refractivity contribution in [3.8, 4) is 22.4 Å². The van der Waals surface area contributed by atoms with Crippen molar-refractivity contribution in [2.75, 3.05) is 5.73 Å². The van der Waals surface area contributed by atoms with Crippen LogP contribution in [0.4, 0.5) is 5.82 Å². The fourth-order valence-electron chi connectivity index (χ4n) is 2.23. The molecule has 2 N–H and O–H groups in total. The summed E-state index contributed by atoms with van der Waals surface area (Å²) in [6.07, 6.45) is 0. The number of rotatable bonds is 2. The van der Waals surface area contributed by atoms with Gasteiger partial charge in [0.05, 0.1) is 13.1 Å². The molecule has 0 aliphatic carbocycles. The number of nitrogens with two attached hydrogens (primary N) is 1. The van der Waals surface area contributed by atoms with Crippen molar-refractivity contribution in [3.63, 3.8) is 0 Å². The van der Waals surface area contributed by atoms with Gasteiger partial charge >= 0.3 is 0 Å². The summed E-state index contributed by atoms with van der Waals surface area (Å²) < 4.78 is 3.83. The maximum Gasteiger partial charge on any atom is 0.129 e. The molecule has 0 aliphatic rings. The fourth-order valence-corrected chi connectivity index (χ4v) is 5.04. The van der Waals surface area contributed by atoms with Gasteiger partial charge in [-0.2, -0.15) is 5.10 Å². The van der Waals surface area contributed by atoms with E-state index in [-0.39, 0.29) is 0 Å². The number of anilines is 1. The van der Waals surface area contributed by atoms with Gasteiger partial charge in [-0.3, -0.25) is 4.68 Å². The van der Waals surface area contributed by atoms with Crippen LogP contribution < -0.4 is 5.73 Å². The molecule has 0 radical (unpaired) electrons. The number of halogens is 2. The van der Waals surface area contributed by atoms with E-state index in [4.69, 9.17) is 5.73 Å². The molecule has 108 valence electrons. The largest absolute Gasteiger partial charge is 0.383 e. The van der Waals surface area contributed by atoms with Crippen molar-refractivity contribution >= 4 is 49.0 Å². The van der Waals surface area contributed by atoms with E-state index in [1.807, 2.05) is 7.05 Å². The third-order valence-corrected chi connectivity index (χ3v) is 5.68. The Morgan fingerprint density at radius 3 is 2.43 bits per heavy atom. The van der Waals surface area contributed by atoms with Gasteiger partial charge in [0.2, 0.25) is 0 Å². The first-order valence-corrected chi connectivity index (χ1v) is 8.72. The summed E-state index contributed by atoms with van der Waals surface area (Å²) in [5, 5.41) is 4.60. The van der Waals surface area contributed by atoms with Crippen LogP contribution in [-0.4, -0.2) is 9.78 Å². The van der Waals surface area contributed by atoms with Crippen LogP contribution in [0.2, 0.25) is 0 Å². The molecule has 0 spiro atoms. The molecule has 21 heavy (non-hydrogen) atoms. The third kappa shape index (κ3) is 2.67. The van der Waals surface area contributed by atoms with Gasteiger partial charge in [-0.15, -0.1) is 11.3 Å². The molecule has 6 heteroatoms. The van der Waals surface area contributed by atoms with Crippen LogP contribution in [0.15, 0.2) is 37.9 Å². The summed E-state index contributed by atoms with van der Waals surface area (Å²) in [6.45, 7) is 2.07. The van der Waals surface area contributed by atoms with Gasteiger partial charge in [0.1, 0.15) is 11.5 Å². The zero-order valence-electron chi connectivity index (χ0n) is 11.5. The molecule has 0 bridgehead atoms. The van der Waals surface area contributed by atoms with Gasteiger partial charge in [-0.25, -0.2) is 0 Å². The van der Waals surface area contributed by atoms with Crippen LogP contribution in [0.25, 0.3) is 22.4 Å². The maximum absolute atomic E-state index is 6.24. The van der Waals surface area contributed by atoms with Gasteiger partial charge < -0.3 is 5.73 Å². The number of hydrogen-bond acceptors (Lipinski definition) is 3. The highest BCUT2D eigenvalue weighted by atomic mass is 79.9. The van der Waals surface area contributed by atoms with Gasteiger partial charge in [0, 0.05) is 12.6 Å². The number of hydrogen-bond donors (Lipinski definition) is 1. The molecule has 0 unspecified atom stereocenters. The molecule has 0 amide bonds. The smallest absolute Gasteiger partial charge is 0.129 e. The number of aryl methyl sites for hydroxylation is 2. The van der Waals surface area contributed by atoms with Crippen LogP contribution in [0, 0.1) is 6.92 Å². The van der Waals surface area contributed by atoms with Crippen LogP contribution in [0.1, 0.15) is 5.56 Å². The molecule has 0 saturated heterocycles. The van der Waals surface area contributed by atoms with Crippen molar-refractivity contribution < 1.29 is 0 Å². The first-order chi connectivity index (χ1) is 9.97. The molecule has 2 aromatic heterocycles. The van der Waals surface area contributed by atoms with E-state index in [1.54, 1.807) is 16.0 Å². The van der Waals surface area contributed by atoms with Crippen LogP contribution in [0.5, 0.6) is 0 Å². The molecular weight excluding hydrogens is 414 g/mol. The monoisotopic (exact) mass is 425 g/mol. The number of nitrogen functional groups attached to an aromatic ring is 1. The summed E-state index contributed by atoms with van der Waals surface area (Å²) in [5.74, 6) is 0.670. The van der Waals surface area contributed by atoms with E-state index in [2.05, 4.69) is 74.2 Å². The van der Waals surface area contributed by atoms with Crippen LogP contribution in [-0.2, 0) is 7.05 Å². The topological polar surface area (TPSA) is 43.8 Å². The Morgan fingerprint density at radius 1 is 1.19 bits per heavy atom. The Kier molecular flexibility index (Phi) is 3.94. The van der Waals surface area contributed by atoms with E-state index in [1.165, 1.54) is 5.56 Å². The lowest BCUT2D eigenvalue weighted by Gasteiger charge is -2.04. The van der Waals surface area contributed by atoms with E-state index < -0.39 is 0 Å². The second-order valence-electron chi connectivity index (χ2n) is 4.84. The average molecular weight is 427 g/mol. The zero-order chi connectivity index (χ0) is 15.1. The third-order valence-electron chi connectivity index (χ3n) is 3.34. The standard InChI is InChI=1S/C15H13Br2N3S/c1-8-3-5-9(6-4-8)12-13(19-20(2)15(12)18)10-7-11(16)21-14(10)17/h3-7H,18H2,1-2H3. The Hall–Kier alpha value is -1.11. The highest BCUT2D eigenvalue weighted by molar-refractivity contribution is 9.12. The molecule has 0 atom stereocenters. The lowest BCUT2D eigenvalue weighted by atomic mass is 10.0. The average Bonchev–Trinajstić information content (AvgIpc) is 2.92. The maximum atomic E-state index is 6.24. The van der Waals surface area contributed by atoms with Crippen molar-refractivity contribution in [1.82, 2.24) is 9.78 Å². The van der Waals surface area contributed by atoms with Crippen molar-refractivity contribution in [2.45, 2.75) is 6.92 Å². The lowest BCUT2D eigenvalue weighted by Crippen LogP contribution is -1.97. The molecule has 0 fully saturated rings. The number of nitrogens with zero attached hydrogens (tertiary/aromatic N) is 2. The Morgan fingerprint density at radius 2 is 1.86 bits per heavy atom. The summed E-state index contributed by atoms with van der Waals surface area (Å²) in [6, 6.07) is 10.4. The van der Waals surface area contributed by atoms with Crippen molar-refractivity contribution in [2.24, 2.45) is 7.05 Å². The SMILES string of the molecule is Cc1ccc(-c2c(-c3cc(Br)sc3Br)nn(C)c2N)cc1. The first-order valence-electron chi connectivity index (χ1n) is 6.32. The Bertz CT molecular complexity index is 803. The minimum absolute atomic E-state index is 0.670. The highest BCUT2D eigenvalue weighted by Gasteiger charge is 2.20. The normalized spacial score (nSPS) is 11.0. The zero-order valence-corrected chi connectivity index (χ0v) is 15.5. The Labute approximate surface area is 144 Å². The Balaban J connectivity index is 2.25. The first kappa shape index (κ1) is 14.8. The second kappa shape index (κ2) is 5.59. The molecular formula is C15H13Br2N3S. The van der Waals surface area contributed by atoms with E-state index in [0.717, 1.165) is 30.0 Å². The number of aromatic nitrogens is 2. The minimum atomic E-state index is 0.670. The molecule has 1 aromatic carbocycles. The number of benzene rings is 1. The summed E-state index contributed by atoms with van der Waals surface area (Å²) in [5.41, 5.74) is 11.5. The van der Waals surface area contributed by atoms with E-state index in [9.17, 15) is 0 Å². The van der Waals surface area contributed by atoms with Crippen LogP contribution in [0.3, 0.4) is 0 Å². The van der Waals surface area contributed by atoms with Gasteiger partial charge in [-0.1, -0.05) is 29.8 Å². The van der Waals surface area contributed by atoms with E-state index in [0.29, 0.717) is 5.82 Å². The molecule has 0 saturated carbocycles. The predicted molar refractivity (Wildman–Crippen MR) is 96.5 cm³/mol. The van der Waals surface area contributed by atoms with Crippen molar-refractivity contribution in [1.29, 1.82) is 0 Å². The van der Waals surface area contributed by atoms with Crippen molar-refractivity contribution in [3.05, 3.63) is 43.5 Å². The summed E-state index contributed by atoms with van der Waals surface area (Å²) in [7, 11) is 1.87.